The molecule has 0 saturated carbocycles. The van der Waals surface area contributed by atoms with Crippen LogP contribution in [0, 0.1) is 0 Å². The van der Waals surface area contributed by atoms with Crippen LogP contribution < -0.4 is 10.1 Å². The first-order valence-corrected chi connectivity index (χ1v) is 11.5. The maximum atomic E-state index is 15.5. The van der Waals surface area contributed by atoms with Crippen LogP contribution in [-0.2, 0) is 33.3 Å². The van der Waals surface area contributed by atoms with Gasteiger partial charge in [-0.1, -0.05) is 24.3 Å². The Morgan fingerprint density at radius 2 is 1.54 bits per heavy atom. The van der Waals surface area contributed by atoms with Crippen molar-refractivity contribution in [3.8, 4) is 16.9 Å². The number of carbonyl (C=O) groups is 4. The van der Waals surface area contributed by atoms with Crippen molar-refractivity contribution >= 4 is 23.8 Å². The second kappa shape index (κ2) is 12.3. The molecule has 11 heteroatoms. The van der Waals surface area contributed by atoms with Crippen LogP contribution in [0.2, 0.25) is 0 Å². The Bertz CT molecular complexity index is 1140. The van der Waals surface area contributed by atoms with E-state index in [1.807, 2.05) is 6.07 Å². The van der Waals surface area contributed by atoms with Crippen LogP contribution in [0.15, 0.2) is 48.5 Å². The molecular weight excluding hydrogens is 489 g/mol. The summed E-state index contributed by atoms with van der Waals surface area (Å²) < 4.78 is 42.1. The van der Waals surface area contributed by atoms with Crippen LogP contribution >= 0.6 is 0 Å². The van der Waals surface area contributed by atoms with Crippen LogP contribution in [0.3, 0.4) is 0 Å². The SMILES string of the molecule is CNC(=O)c1cccc(-c2ccc(OC3OC(COC(C)=O)C(OC(C)=O)C(OC(C)=O)C3F)cc2)c1. The fourth-order valence-corrected chi connectivity index (χ4v) is 3.80. The molecule has 1 fully saturated rings. The molecule has 1 saturated heterocycles. The summed E-state index contributed by atoms with van der Waals surface area (Å²) in [6.07, 6.45) is -7.70. The lowest BCUT2D eigenvalue weighted by Gasteiger charge is -2.41. The molecule has 2 aromatic rings. The summed E-state index contributed by atoms with van der Waals surface area (Å²) in [5.74, 6) is -2.19. The summed E-state index contributed by atoms with van der Waals surface area (Å²) in [7, 11) is 1.55. The molecule has 1 aliphatic heterocycles. The highest BCUT2D eigenvalue weighted by atomic mass is 19.1. The quantitative estimate of drug-likeness (QED) is 0.415. The summed E-state index contributed by atoms with van der Waals surface area (Å²) in [6.45, 7) is 2.97. The number of hydrogen-bond acceptors (Lipinski definition) is 9. The van der Waals surface area contributed by atoms with Gasteiger partial charge in [0.1, 0.15) is 18.5 Å². The van der Waals surface area contributed by atoms with Crippen molar-refractivity contribution in [3.05, 3.63) is 54.1 Å². The topological polar surface area (TPSA) is 126 Å². The van der Waals surface area contributed by atoms with E-state index in [1.165, 1.54) is 6.92 Å². The summed E-state index contributed by atoms with van der Waals surface area (Å²) in [4.78, 5) is 46.6. The number of alkyl halides is 1. The van der Waals surface area contributed by atoms with Gasteiger partial charge in [-0.3, -0.25) is 19.2 Å². The van der Waals surface area contributed by atoms with Gasteiger partial charge in [-0.15, -0.1) is 0 Å². The van der Waals surface area contributed by atoms with Gasteiger partial charge in [0.05, 0.1) is 0 Å². The largest absolute Gasteiger partial charge is 0.463 e. The van der Waals surface area contributed by atoms with E-state index in [1.54, 1.807) is 49.5 Å². The highest BCUT2D eigenvalue weighted by Gasteiger charge is 2.52. The zero-order valence-electron chi connectivity index (χ0n) is 20.8. The Morgan fingerprint density at radius 1 is 0.892 bits per heavy atom. The maximum absolute atomic E-state index is 15.5. The smallest absolute Gasteiger partial charge is 0.303 e. The van der Waals surface area contributed by atoms with Crippen LogP contribution in [0.25, 0.3) is 11.1 Å². The number of benzene rings is 2. The van der Waals surface area contributed by atoms with Crippen LogP contribution in [0.4, 0.5) is 4.39 Å². The molecule has 198 valence electrons. The van der Waals surface area contributed by atoms with E-state index in [4.69, 9.17) is 23.7 Å². The number of esters is 3. The number of carbonyl (C=O) groups excluding carboxylic acids is 4. The molecule has 3 rings (SSSR count). The molecule has 1 heterocycles. The van der Waals surface area contributed by atoms with Crippen molar-refractivity contribution in [2.75, 3.05) is 13.7 Å². The van der Waals surface area contributed by atoms with E-state index in [-0.39, 0.29) is 11.7 Å². The molecule has 0 radical (unpaired) electrons. The first kappa shape index (κ1) is 27.6. The minimum Gasteiger partial charge on any atom is -0.463 e. The van der Waals surface area contributed by atoms with Gasteiger partial charge in [0.25, 0.3) is 5.91 Å². The third-order valence-electron chi connectivity index (χ3n) is 5.42. The predicted molar refractivity (Wildman–Crippen MR) is 127 cm³/mol. The second-order valence-electron chi connectivity index (χ2n) is 8.24. The van der Waals surface area contributed by atoms with Gasteiger partial charge in [-0.2, -0.15) is 0 Å². The standard InChI is InChI=1S/C26H28FNO9/c1-14(29)33-13-21-23(34-15(2)30)24(35-16(3)31)22(27)26(37-21)36-20-10-8-17(9-11-20)18-6-5-7-19(12-18)25(32)28-4/h5-12,21-24,26H,13H2,1-4H3,(H,28,32). The zero-order chi connectivity index (χ0) is 27.1. The molecule has 1 N–H and O–H groups in total. The zero-order valence-corrected chi connectivity index (χ0v) is 20.8. The van der Waals surface area contributed by atoms with Gasteiger partial charge in [-0.05, 0) is 35.4 Å². The molecule has 1 amide bonds. The molecule has 0 aliphatic carbocycles. The normalized spacial score (nSPS) is 22.9. The van der Waals surface area contributed by atoms with Crippen molar-refractivity contribution in [2.24, 2.45) is 0 Å². The number of nitrogens with one attached hydrogen (secondary N) is 1. The van der Waals surface area contributed by atoms with Crippen LogP contribution in [-0.4, -0.2) is 68.2 Å². The maximum Gasteiger partial charge on any atom is 0.303 e. The lowest BCUT2D eigenvalue weighted by atomic mass is 9.99. The molecule has 5 unspecified atom stereocenters. The van der Waals surface area contributed by atoms with Gasteiger partial charge >= 0.3 is 17.9 Å². The van der Waals surface area contributed by atoms with Crippen molar-refractivity contribution in [2.45, 2.75) is 51.5 Å². The number of amides is 1. The Morgan fingerprint density at radius 3 is 2.14 bits per heavy atom. The Kier molecular flexibility index (Phi) is 9.18. The lowest BCUT2D eigenvalue weighted by molar-refractivity contribution is -0.271. The second-order valence-corrected chi connectivity index (χ2v) is 8.24. The monoisotopic (exact) mass is 517 g/mol. The van der Waals surface area contributed by atoms with Crippen molar-refractivity contribution < 1.29 is 47.3 Å². The predicted octanol–water partition coefficient (Wildman–Crippen LogP) is 2.58. The van der Waals surface area contributed by atoms with Crippen molar-refractivity contribution in [1.82, 2.24) is 5.32 Å². The van der Waals surface area contributed by atoms with Gasteiger partial charge in [0.2, 0.25) is 12.5 Å². The molecule has 5 atom stereocenters. The Labute approximate surface area is 213 Å². The van der Waals surface area contributed by atoms with E-state index >= 15 is 4.39 Å². The van der Waals surface area contributed by atoms with E-state index < -0.39 is 55.3 Å². The highest BCUT2D eigenvalue weighted by molar-refractivity contribution is 5.95. The fraction of sp³-hybridized carbons (Fsp3) is 0.385. The average molecular weight is 518 g/mol. The van der Waals surface area contributed by atoms with Gasteiger partial charge in [0.15, 0.2) is 12.2 Å². The molecular formula is C26H28FNO9. The minimum atomic E-state index is -2.04. The number of halogens is 1. The van der Waals surface area contributed by atoms with Crippen LogP contribution in [0.1, 0.15) is 31.1 Å². The third kappa shape index (κ3) is 7.26. The summed E-state index contributed by atoms with van der Waals surface area (Å²) in [5.41, 5.74) is 2.05. The summed E-state index contributed by atoms with van der Waals surface area (Å²) in [5, 5.41) is 2.57. The molecule has 0 bridgehead atoms. The molecule has 1 aliphatic rings. The van der Waals surface area contributed by atoms with Crippen LogP contribution in [0.5, 0.6) is 5.75 Å². The van der Waals surface area contributed by atoms with Gasteiger partial charge in [-0.25, -0.2) is 4.39 Å². The van der Waals surface area contributed by atoms with E-state index in [2.05, 4.69) is 5.32 Å². The van der Waals surface area contributed by atoms with Gasteiger partial charge in [0, 0.05) is 33.4 Å². The molecule has 37 heavy (non-hydrogen) atoms. The summed E-state index contributed by atoms with van der Waals surface area (Å²) >= 11 is 0. The fourth-order valence-electron chi connectivity index (χ4n) is 3.80. The molecule has 0 aromatic heterocycles. The van der Waals surface area contributed by atoms with Crippen molar-refractivity contribution in [1.29, 1.82) is 0 Å². The molecule has 10 nitrogen and oxygen atoms in total. The number of rotatable bonds is 8. The Balaban J connectivity index is 1.82. The number of hydrogen-bond donors (Lipinski definition) is 1. The van der Waals surface area contributed by atoms with Crippen molar-refractivity contribution in [3.63, 3.8) is 0 Å². The van der Waals surface area contributed by atoms with E-state index in [0.717, 1.165) is 25.0 Å². The molecule has 2 aromatic carbocycles. The van der Waals surface area contributed by atoms with E-state index in [9.17, 15) is 19.2 Å². The highest BCUT2D eigenvalue weighted by Crippen LogP contribution is 2.31. The Hall–Kier alpha value is -3.99. The molecule has 0 spiro atoms. The first-order chi connectivity index (χ1) is 17.6. The lowest BCUT2D eigenvalue weighted by Crippen LogP contribution is -2.61. The first-order valence-electron chi connectivity index (χ1n) is 11.5. The third-order valence-corrected chi connectivity index (χ3v) is 5.42. The average Bonchev–Trinajstić information content (AvgIpc) is 2.86. The summed E-state index contributed by atoms with van der Waals surface area (Å²) in [6, 6.07) is 13.6. The minimum absolute atomic E-state index is 0.220. The van der Waals surface area contributed by atoms with Gasteiger partial charge < -0.3 is 29.0 Å². The number of ether oxygens (including phenoxy) is 5. The van der Waals surface area contributed by atoms with E-state index in [0.29, 0.717) is 5.56 Å².